The number of anilines is 1. The lowest BCUT2D eigenvalue weighted by Gasteiger charge is -2.07. The van der Waals surface area contributed by atoms with E-state index in [9.17, 15) is 4.21 Å². The van der Waals surface area contributed by atoms with Crippen molar-refractivity contribution in [3.8, 4) is 0 Å². The molecule has 2 N–H and O–H groups in total. The zero-order valence-corrected chi connectivity index (χ0v) is 12.3. The Kier molecular flexibility index (Phi) is 4.04. The minimum atomic E-state index is -1.11. The van der Waals surface area contributed by atoms with Gasteiger partial charge in [-0.1, -0.05) is 6.07 Å². The largest absolute Gasteiger partial charge is 0.398 e. The first-order valence-electron chi connectivity index (χ1n) is 6.26. The van der Waals surface area contributed by atoms with Crippen molar-refractivity contribution >= 4 is 16.5 Å². The summed E-state index contributed by atoms with van der Waals surface area (Å²) in [6.45, 7) is 6.03. The first-order chi connectivity index (χ1) is 8.99. The SMILES string of the molecule is Cc1c(N)cccc1S(=O)Cc1ccn(C(C)C)n1. The maximum Gasteiger partial charge on any atom is 0.0753 e. The van der Waals surface area contributed by atoms with Crippen LogP contribution in [0, 0.1) is 6.92 Å². The predicted molar refractivity (Wildman–Crippen MR) is 78.3 cm³/mol. The number of nitrogens with zero attached hydrogens (tertiary/aromatic N) is 2. The topological polar surface area (TPSA) is 60.9 Å². The van der Waals surface area contributed by atoms with Gasteiger partial charge in [-0.25, -0.2) is 0 Å². The van der Waals surface area contributed by atoms with E-state index < -0.39 is 10.8 Å². The molecule has 4 nitrogen and oxygen atoms in total. The van der Waals surface area contributed by atoms with Gasteiger partial charge in [-0.3, -0.25) is 8.89 Å². The maximum atomic E-state index is 12.4. The van der Waals surface area contributed by atoms with Crippen LogP contribution >= 0.6 is 0 Å². The number of rotatable bonds is 4. The quantitative estimate of drug-likeness (QED) is 0.874. The fraction of sp³-hybridized carbons (Fsp3) is 0.357. The van der Waals surface area contributed by atoms with Crippen LogP contribution in [0.15, 0.2) is 35.4 Å². The average Bonchev–Trinajstić information content (AvgIpc) is 2.81. The average molecular weight is 277 g/mol. The summed E-state index contributed by atoms with van der Waals surface area (Å²) in [5.74, 6) is 0.421. The van der Waals surface area contributed by atoms with Crippen LogP contribution in [0.3, 0.4) is 0 Å². The molecule has 2 rings (SSSR count). The fourth-order valence-electron chi connectivity index (χ4n) is 1.83. The first kappa shape index (κ1) is 13.8. The van der Waals surface area contributed by atoms with Crippen molar-refractivity contribution in [1.82, 2.24) is 9.78 Å². The van der Waals surface area contributed by atoms with Gasteiger partial charge < -0.3 is 5.73 Å². The normalized spacial score (nSPS) is 12.8. The highest BCUT2D eigenvalue weighted by Crippen LogP contribution is 2.21. The van der Waals surface area contributed by atoms with Gasteiger partial charge in [0.2, 0.25) is 0 Å². The van der Waals surface area contributed by atoms with Crippen molar-refractivity contribution in [3.05, 3.63) is 41.7 Å². The van der Waals surface area contributed by atoms with E-state index in [0.29, 0.717) is 17.5 Å². The molecule has 1 aromatic heterocycles. The third-order valence-corrected chi connectivity index (χ3v) is 4.53. The molecule has 19 heavy (non-hydrogen) atoms. The van der Waals surface area contributed by atoms with Crippen molar-refractivity contribution in [1.29, 1.82) is 0 Å². The molecular formula is C14H19N3OS. The van der Waals surface area contributed by atoms with E-state index in [4.69, 9.17) is 5.73 Å². The molecule has 102 valence electrons. The second kappa shape index (κ2) is 5.57. The molecule has 0 amide bonds. The molecule has 1 aromatic carbocycles. The van der Waals surface area contributed by atoms with E-state index in [0.717, 1.165) is 16.2 Å². The third kappa shape index (κ3) is 3.04. The Morgan fingerprint density at radius 2 is 2.11 bits per heavy atom. The van der Waals surface area contributed by atoms with Crippen LogP contribution in [-0.4, -0.2) is 14.0 Å². The lowest BCUT2D eigenvalue weighted by Crippen LogP contribution is -2.04. The predicted octanol–water partition coefficient (Wildman–Crippen LogP) is 2.66. The fourth-order valence-corrected chi connectivity index (χ4v) is 3.10. The Labute approximate surface area is 116 Å². The van der Waals surface area contributed by atoms with Crippen LogP contribution < -0.4 is 5.73 Å². The van der Waals surface area contributed by atoms with Gasteiger partial charge in [-0.2, -0.15) is 5.10 Å². The first-order valence-corrected chi connectivity index (χ1v) is 7.58. The van der Waals surface area contributed by atoms with E-state index in [2.05, 4.69) is 18.9 Å². The third-order valence-electron chi connectivity index (χ3n) is 3.04. The van der Waals surface area contributed by atoms with Gasteiger partial charge in [0.15, 0.2) is 0 Å². The smallest absolute Gasteiger partial charge is 0.0753 e. The van der Waals surface area contributed by atoms with Crippen LogP contribution in [-0.2, 0) is 16.6 Å². The summed E-state index contributed by atoms with van der Waals surface area (Å²) in [6, 6.07) is 7.75. The Hall–Kier alpha value is -1.62. The van der Waals surface area contributed by atoms with Crippen LogP contribution in [0.4, 0.5) is 5.69 Å². The summed E-state index contributed by atoms with van der Waals surface area (Å²) >= 11 is 0. The van der Waals surface area contributed by atoms with Gasteiger partial charge in [-0.05, 0) is 44.5 Å². The standard InChI is InChI=1S/C14H19N3OS/c1-10(2)17-8-7-12(16-17)9-19(18)14-6-4-5-13(15)11(14)3/h4-8,10H,9,15H2,1-3H3. The molecule has 0 spiro atoms. The molecule has 1 unspecified atom stereocenters. The molecule has 1 atom stereocenters. The highest BCUT2D eigenvalue weighted by atomic mass is 32.2. The van der Waals surface area contributed by atoms with Crippen molar-refractivity contribution < 1.29 is 4.21 Å². The second-order valence-electron chi connectivity index (χ2n) is 4.84. The Bertz CT molecular complexity index is 604. The van der Waals surface area contributed by atoms with E-state index >= 15 is 0 Å². The Morgan fingerprint density at radius 3 is 2.74 bits per heavy atom. The van der Waals surface area contributed by atoms with E-state index in [1.54, 1.807) is 0 Å². The Morgan fingerprint density at radius 1 is 1.37 bits per heavy atom. The zero-order valence-electron chi connectivity index (χ0n) is 11.5. The summed E-state index contributed by atoms with van der Waals surface area (Å²) in [7, 11) is -1.11. The van der Waals surface area contributed by atoms with Gasteiger partial charge in [0, 0.05) is 22.8 Å². The van der Waals surface area contributed by atoms with Crippen molar-refractivity contribution in [2.75, 3.05) is 5.73 Å². The van der Waals surface area contributed by atoms with Crippen molar-refractivity contribution in [2.24, 2.45) is 0 Å². The van der Waals surface area contributed by atoms with Crippen LogP contribution in [0.2, 0.25) is 0 Å². The van der Waals surface area contributed by atoms with Gasteiger partial charge >= 0.3 is 0 Å². The Balaban J connectivity index is 2.18. The lowest BCUT2D eigenvalue weighted by molar-refractivity contribution is 0.528. The van der Waals surface area contributed by atoms with E-state index in [1.807, 2.05) is 42.1 Å². The minimum absolute atomic E-state index is 0.316. The van der Waals surface area contributed by atoms with Crippen LogP contribution in [0.1, 0.15) is 31.1 Å². The number of nitrogens with two attached hydrogens (primary N) is 1. The molecule has 5 heteroatoms. The highest BCUT2D eigenvalue weighted by Gasteiger charge is 2.12. The molecule has 0 aliphatic heterocycles. The summed E-state index contributed by atoms with van der Waals surface area (Å²) in [5.41, 5.74) is 8.25. The van der Waals surface area contributed by atoms with Crippen LogP contribution in [0.25, 0.3) is 0 Å². The molecule has 0 radical (unpaired) electrons. The number of nitrogen functional groups attached to an aromatic ring is 1. The molecule has 0 aliphatic rings. The molecule has 0 fully saturated rings. The van der Waals surface area contributed by atoms with Gasteiger partial charge in [0.25, 0.3) is 0 Å². The van der Waals surface area contributed by atoms with Gasteiger partial charge in [0.05, 0.1) is 22.2 Å². The molecule has 0 bridgehead atoms. The zero-order chi connectivity index (χ0) is 14.0. The molecule has 0 saturated carbocycles. The van der Waals surface area contributed by atoms with E-state index in [-0.39, 0.29) is 0 Å². The monoisotopic (exact) mass is 277 g/mol. The highest BCUT2D eigenvalue weighted by molar-refractivity contribution is 7.84. The van der Waals surface area contributed by atoms with Gasteiger partial charge in [0.1, 0.15) is 0 Å². The summed E-state index contributed by atoms with van der Waals surface area (Å²) in [5, 5.41) is 4.42. The van der Waals surface area contributed by atoms with Crippen LogP contribution in [0.5, 0.6) is 0 Å². The summed E-state index contributed by atoms with van der Waals surface area (Å²) < 4.78 is 14.2. The second-order valence-corrected chi connectivity index (χ2v) is 6.26. The lowest BCUT2D eigenvalue weighted by atomic mass is 10.2. The molecule has 0 aliphatic carbocycles. The summed E-state index contributed by atoms with van der Waals surface area (Å²) in [6.07, 6.45) is 1.92. The van der Waals surface area contributed by atoms with Crippen molar-refractivity contribution in [2.45, 2.75) is 37.5 Å². The summed E-state index contributed by atoms with van der Waals surface area (Å²) in [4.78, 5) is 0.791. The molecule has 2 aromatic rings. The number of hydrogen-bond donors (Lipinski definition) is 1. The number of benzene rings is 1. The number of aromatic nitrogens is 2. The molecule has 1 heterocycles. The van der Waals surface area contributed by atoms with E-state index in [1.165, 1.54) is 0 Å². The molecular weight excluding hydrogens is 258 g/mol. The minimum Gasteiger partial charge on any atom is -0.398 e. The van der Waals surface area contributed by atoms with Gasteiger partial charge in [-0.15, -0.1) is 0 Å². The number of hydrogen-bond acceptors (Lipinski definition) is 3. The molecule has 0 saturated heterocycles. The van der Waals surface area contributed by atoms with Crippen molar-refractivity contribution in [3.63, 3.8) is 0 Å². The maximum absolute atomic E-state index is 12.4.